The fraction of sp³-hybridized carbons (Fsp3) is 0.750. The van der Waals surface area contributed by atoms with Gasteiger partial charge in [-0.25, -0.2) is 0 Å². The van der Waals surface area contributed by atoms with Gasteiger partial charge in [-0.2, -0.15) is 0 Å². The molecule has 0 spiro atoms. The molecule has 0 aromatic rings. The zero-order valence-corrected chi connectivity index (χ0v) is 9.37. The molecule has 1 rings (SSSR count). The van der Waals surface area contributed by atoms with E-state index >= 15 is 0 Å². The van der Waals surface area contributed by atoms with Crippen LogP contribution in [0.2, 0.25) is 0 Å². The van der Waals surface area contributed by atoms with E-state index in [1.165, 1.54) is 6.42 Å². The van der Waals surface area contributed by atoms with Gasteiger partial charge < -0.3 is 9.64 Å². The summed E-state index contributed by atoms with van der Waals surface area (Å²) < 4.78 is 5.52. The molecule has 3 nitrogen and oxygen atoms in total. The lowest BCUT2D eigenvalue weighted by Gasteiger charge is -2.25. The van der Waals surface area contributed by atoms with Crippen LogP contribution in [0.15, 0.2) is 0 Å². The van der Waals surface area contributed by atoms with Crippen molar-refractivity contribution in [2.24, 2.45) is 0 Å². The monoisotopic (exact) mass is 209 g/mol. The summed E-state index contributed by atoms with van der Waals surface area (Å²) in [5.41, 5.74) is 0. The summed E-state index contributed by atoms with van der Waals surface area (Å²) in [6, 6.07) is 0. The maximum atomic E-state index is 11.8. The predicted molar refractivity (Wildman–Crippen MR) is 59.3 cm³/mol. The van der Waals surface area contributed by atoms with Crippen molar-refractivity contribution in [3.63, 3.8) is 0 Å². The van der Waals surface area contributed by atoms with E-state index < -0.39 is 0 Å². The van der Waals surface area contributed by atoms with Gasteiger partial charge >= 0.3 is 0 Å². The number of terminal acetylenes is 1. The van der Waals surface area contributed by atoms with Gasteiger partial charge in [0.25, 0.3) is 0 Å². The van der Waals surface area contributed by atoms with Crippen LogP contribution in [0.4, 0.5) is 0 Å². The highest BCUT2D eigenvalue weighted by Gasteiger charge is 2.20. The van der Waals surface area contributed by atoms with Gasteiger partial charge in [-0.3, -0.25) is 4.79 Å². The van der Waals surface area contributed by atoms with E-state index in [0.717, 1.165) is 19.4 Å². The Kier molecular flexibility index (Phi) is 5.20. The molecule has 1 aliphatic rings. The molecule has 0 aromatic carbocycles. The van der Waals surface area contributed by atoms with Gasteiger partial charge in [-0.15, -0.1) is 6.42 Å². The molecule has 84 valence electrons. The molecule has 0 N–H and O–H groups in total. The Morgan fingerprint density at radius 3 is 2.93 bits per heavy atom. The number of rotatable bonds is 4. The lowest BCUT2D eigenvalue weighted by atomic mass is 10.1. The highest BCUT2D eigenvalue weighted by Crippen LogP contribution is 2.16. The van der Waals surface area contributed by atoms with Gasteiger partial charge in [0, 0.05) is 13.2 Å². The lowest BCUT2D eigenvalue weighted by molar-refractivity contribution is -0.134. The van der Waals surface area contributed by atoms with Gasteiger partial charge in [-0.05, 0) is 26.2 Å². The molecule has 1 amide bonds. The smallest absolute Gasteiger partial charge is 0.225 e. The van der Waals surface area contributed by atoms with Crippen molar-refractivity contribution in [3.8, 4) is 12.3 Å². The molecule has 0 bridgehead atoms. The summed E-state index contributed by atoms with van der Waals surface area (Å²) in [5.74, 6) is 2.61. The topological polar surface area (TPSA) is 29.5 Å². The van der Waals surface area contributed by atoms with Crippen LogP contribution in [-0.2, 0) is 9.53 Å². The molecule has 1 heterocycles. The van der Waals surface area contributed by atoms with Crippen molar-refractivity contribution < 1.29 is 9.53 Å². The maximum absolute atomic E-state index is 11.8. The molecule has 0 saturated carbocycles. The van der Waals surface area contributed by atoms with E-state index in [1.54, 1.807) is 4.90 Å². The Balaban J connectivity index is 2.35. The van der Waals surface area contributed by atoms with Crippen molar-refractivity contribution in [2.45, 2.75) is 38.7 Å². The van der Waals surface area contributed by atoms with E-state index in [9.17, 15) is 4.79 Å². The van der Waals surface area contributed by atoms with Crippen LogP contribution in [-0.4, -0.2) is 36.6 Å². The molecule has 1 unspecified atom stereocenters. The molecule has 3 heteroatoms. The van der Waals surface area contributed by atoms with Crippen LogP contribution in [0.5, 0.6) is 0 Å². The average molecular weight is 209 g/mol. The van der Waals surface area contributed by atoms with Crippen LogP contribution in [0, 0.1) is 12.3 Å². The van der Waals surface area contributed by atoms with E-state index in [0.29, 0.717) is 19.5 Å². The summed E-state index contributed by atoms with van der Waals surface area (Å²) >= 11 is 0. The van der Waals surface area contributed by atoms with Crippen molar-refractivity contribution in [2.75, 3.05) is 19.7 Å². The quantitative estimate of drug-likeness (QED) is 0.655. The maximum Gasteiger partial charge on any atom is 0.225 e. The molecular formula is C12H19NO2. The highest BCUT2D eigenvalue weighted by molar-refractivity contribution is 5.76. The van der Waals surface area contributed by atoms with Gasteiger partial charge in [0.2, 0.25) is 5.91 Å². The Hall–Kier alpha value is -1.01. The third kappa shape index (κ3) is 3.93. The number of ether oxygens (including phenoxy) is 1. The number of amides is 1. The second kappa shape index (κ2) is 6.47. The van der Waals surface area contributed by atoms with Crippen LogP contribution >= 0.6 is 0 Å². The van der Waals surface area contributed by atoms with E-state index in [1.807, 2.05) is 6.92 Å². The van der Waals surface area contributed by atoms with Crippen LogP contribution < -0.4 is 0 Å². The molecule has 0 radical (unpaired) electrons. The summed E-state index contributed by atoms with van der Waals surface area (Å²) in [6.07, 6.45) is 9.07. The fourth-order valence-electron chi connectivity index (χ4n) is 1.78. The summed E-state index contributed by atoms with van der Waals surface area (Å²) in [6.45, 7) is 3.81. The van der Waals surface area contributed by atoms with Crippen LogP contribution in [0.25, 0.3) is 0 Å². The molecule has 1 saturated heterocycles. The minimum atomic E-state index is 0.109. The SMILES string of the molecule is C#CCN(CC)C(=O)CC1CCCCO1. The van der Waals surface area contributed by atoms with Gasteiger partial charge in [0.05, 0.1) is 19.1 Å². The van der Waals surface area contributed by atoms with Crippen molar-refractivity contribution in [1.82, 2.24) is 4.90 Å². The molecular weight excluding hydrogens is 190 g/mol. The molecule has 15 heavy (non-hydrogen) atoms. The first-order valence-electron chi connectivity index (χ1n) is 5.60. The highest BCUT2D eigenvalue weighted by atomic mass is 16.5. The second-order valence-electron chi connectivity index (χ2n) is 3.80. The predicted octanol–water partition coefficient (Wildman–Crippen LogP) is 1.43. The minimum Gasteiger partial charge on any atom is -0.378 e. The zero-order chi connectivity index (χ0) is 11.1. The fourth-order valence-corrected chi connectivity index (χ4v) is 1.78. The zero-order valence-electron chi connectivity index (χ0n) is 9.37. The van der Waals surface area contributed by atoms with Crippen LogP contribution in [0.3, 0.4) is 0 Å². The van der Waals surface area contributed by atoms with Crippen molar-refractivity contribution in [3.05, 3.63) is 0 Å². The summed E-state index contributed by atoms with van der Waals surface area (Å²) in [7, 11) is 0. The van der Waals surface area contributed by atoms with Crippen molar-refractivity contribution in [1.29, 1.82) is 0 Å². The molecule has 1 aliphatic heterocycles. The van der Waals surface area contributed by atoms with Gasteiger partial charge in [-0.1, -0.05) is 5.92 Å². The first-order chi connectivity index (χ1) is 7.27. The number of hydrogen-bond donors (Lipinski definition) is 0. The Bertz CT molecular complexity index is 238. The first kappa shape index (κ1) is 12.1. The Morgan fingerprint density at radius 2 is 2.40 bits per heavy atom. The number of nitrogens with zero attached hydrogens (tertiary/aromatic N) is 1. The van der Waals surface area contributed by atoms with Gasteiger partial charge in [0.1, 0.15) is 0 Å². The molecule has 0 aromatic heterocycles. The minimum absolute atomic E-state index is 0.109. The largest absolute Gasteiger partial charge is 0.378 e. The molecule has 1 atom stereocenters. The average Bonchev–Trinajstić information content (AvgIpc) is 2.27. The number of carbonyl (C=O) groups is 1. The number of carbonyl (C=O) groups excluding carboxylic acids is 1. The number of hydrogen-bond acceptors (Lipinski definition) is 2. The van der Waals surface area contributed by atoms with Gasteiger partial charge in [0.15, 0.2) is 0 Å². The lowest BCUT2D eigenvalue weighted by Crippen LogP contribution is -2.35. The van der Waals surface area contributed by atoms with E-state index in [2.05, 4.69) is 5.92 Å². The molecule has 1 fully saturated rings. The Morgan fingerprint density at radius 1 is 1.60 bits per heavy atom. The molecule has 0 aliphatic carbocycles. The van der Waals surface area contributed by atoms with Crippen molar-refractivity contribution >= 4 is 5.91 Å². The standard InChI is InChI=1S/C12H19NO2/c1-3-8-13(4-2)12(14)10-11-7-5-6-9-15-11/h1,11H,4-10H2,2H3. The first-order valence-corrected chi connectivity index (χ1v) is 5.60. The second-order valence-corrected chi connectivity index (χ2v) is 3.80. The van der Waals surface area contributed by atoms with E-state index in [-0.39, 0.29) is 12.0 Å². The summed E-state index contributed by atoms with van der Waals surface area (Å²) in [4.78, 5) is 13.5. The van der Waals surface area contributed by atoms with E-state index in [4.69, 9.17) is 11.2 Å². The third-order valence-corrected chi connectivity index (χ3v) is 2.69. The van der Waals surface area contributed by atoms with Crippen LogP contribution in [0.1, 0.15) is 32.6 Å². The normalized spacial score (nSPS) is 20.7. The summed E-state index contributed by atoms with van der Waals surface area (Å²) in [5, 5.41) is 0. The Labute approximate surface area is 91.8 Å². The third-order valence-electron chi connectivity index (χ3n) is 2.69.